The van der Waals surface area contributed by atoms with Crippen molar-refractivity contribution in [1.82, 2.24) is 5.32 Å². The lowest BCUT2D eigenvalue weighted by atomic mass is 10.0. The lowest BCUT2D eigenvalue weighted by molar-refractivity contribution is 0.485. The van der Waals surface area contributed by atoms with Gasteiger partial charge in [-0.25, -0.2) is 0 Å². The Hall–Kier alpha value is 0.0100. The lowest BCUT2D eigenvalue weighted by Gasteiger charge is -2.30. The number of nitrogens with one attached hydrogen (secondary N) is 1. The molecule has 1 aliphatic heterocycles. The summed E-state index contributed by atoms with van der Waals surface area (Å²) in [5.74, 6) is 0. The average Bonchev–Trinajstić information content (AvgIpc) is 2.27. The monoisotopic (exact) mass is 299 g/mol. The van der Waals surface area contributed by atoms with Crippen LogP contribution in [0.1, 0.15) is 38.3 Å². The SMILES string of the molecule is CCCNC1CC(C)Sc2c(Br)cccc21. The van der Waals surface area contributed by atoms with Gasteiger partial charge in [0.25, 0.3) is 0 Å². The summed E-state index contributed by atoms with van der Waals surface area (Å²) in [5.41, 5.74) is 1.46. The molecule has 2 atom stereocenters. The number of thioether (sulfide) groups is 1. The summed E-state index contributed by atoms with van der Waals surface area (Å²) in [4.78, 5) is 1.43. The maximum atomic E-state index is 3.66. The molecule has 0 saturated heterocycles. The third-order valence-corrected chi connectivity index (χ3v) is 5.11. The van der Waals surface area contributed by atoms with Gasteiger partial charge in [-0.1, -0.05) is 26.0 Å². The van der Waals surface area contributed by atoms with E-state index in [4.69, 9.17) is 0 Å². The van der Waals surface area contributed by atoms with E-state index in [1.165, 1.54) is 27.8 Å². The number of hydrogen-bond donors (Lipinski definition) is 1. The van der Waals surface area contributed by atoms with Crippen molar-refractivity contribution >= 4 is 27.7 Å². The summed E-state index contributed by atoms with van der Waals surface area (Å²) in [6.45, 7) is 5.64. The highest BCUT2D eigenvalue weighted by atomic mass is 79.9. The minimum absolute atomic E-state index is 0.531. The molecule has 0 aliphatic carbocycles. The summed E-state index contributed by atoms with van der Waals surface area (Å²) in [7, 11) is 0. The van der Waals surface area contributed by atoms with Gasteiger partial charge in [0.15, 0.2) is 0 Å². The van der Waals surface area contributed by atoms with Crippen molar-refractivity contribution in [3.63, 3.8) is 0 Å². The van der Waals surface area contributed by atoms with Crippen molar-refractivity contribution in [3.8, 4) is 0 Å². The summed E-state index contributed by atoms with van der Waals surface area (Å²) >= 11 is 5.65. The maximum Gasteiger partial charge on any atom is 0.0342 e. The van der Waals surface area contributed by atoms with Crippen LogP contribution >= 0.6 is 27.7 Å². The highest BCUT2D eigenvalue weighted by Gasteiger charge is 2.25. The molecule has 0 saturated carbocycles. The summed E-state index contributed by atoms with van der Waals surface area (Å²) in [6.07, 6.45) is 2.43. The first kappa shape index (κ1) is 12.5. The number of fused-ring (bicyclic) bond motifs is 1. The molecule has 1 aromatic carbocycles. The summed E-state index contributed by atoms with van der Waals surface area (Å²) in [5, 5.41) is 4.35. The molecule has 0 spiro atoms. The Balaban J connectivity index is 2.27. The fraction of sp³-hybridized carbons (Fsp3) is 0.538. The van der Waals surface area contributed by atoms with Gasteiger partial charge in [-0.3, -0.25) is 0 Å². The third-order valence-electron chi connectivity index (χ3n) is 2.90. The molecule has 1 N–H and O–H groups in total. The molecule has 0 aromatic heterocycles. The molecule has 2 unspecified atom stereocenters. The van der Waals surface area contributed by atoms with Crippen LogP contribution in [0, 0.1) is 0 Å². The Kier molecular flexibility index (Phi) is 4.34. The predicted molar refractivity (Wildman–Crippen MR) is 75.1 cm³/mol. The Morgan fingerprint density at radius 1 is 1.50 bits per heavy atom. The zero-order chi connectivity index (χ0) is 11.5. The van der Waals surface area contributed by atoms with Gasteiger partial charge in [-0.15, -0.1) is 11.8 Å². The van der Waals surface area contributed by atoms with Gasteiger partial charge in [-0.05, 0) is 46.9 Å². The van der Waals surface area contributed by atoms with Gasteiger partial charge in [0, 0.05) is 20.7 Å². The standard InChI is InChI=1S/C13H18BrNS/c1-3-7-15-12-8-9(2)16-13-10(12)5-4-6-11(13)14/h4-6,9,12,15H,3,7-8H2,1-2H3. The minimum Gasteiger partial charge on any atom is -0.310 e. The molecule has 1 nitrogen and oxygen atoms in total. The van der Waals surface area contributed by atoms with Gasteiger partial charge in [0.05, 0.1) is 0 Å². The summed E-state index contributed by atoms with van der Waals surface area (Å²) in [6, 6.07) is 7.07. The van der Waals surface area contributed by atoms with Crippen LogP contribution < -0.4 is 5.32 Å². The van der Waals surface area contributed by atoms with Crippen LogP contribution in [0.25, 0.3) is 0 Å². The molecule has 0 bridgehead atoms. The van der Waals surface area contributed by atoms with Crippen LogP contribution in [0.4, 0.5) is 0 Å². The predicted octanol–water partition coefficient (Wildman–Crippen LogP) is 4.37. The second-order valence-corrected chi connectivity index (χ2v) is 6.63. The average molecular weight is 300 g/mol. The van der Waals surface area contributed by atoms with Crippen molar-refractivity contribution < 1.29 is 0 Å². The molecular formula is C13H18BrNS. The Morgan fingerprint density at radius 2 is 2.31 bits per heavy atom. The van der Waals surface area contributed by atoms with E-state index in [2.05, 4.69) is 53.3 Å². The fourth-order valence-corrected chi connectivity index (χ4v) is 4.02. The molecule has 1 aromatic rings. The Morgan fingerprint density at radius 3 is 3.06 bits per heavy atom. The molecule has 0 fully saturated rings. The van der Waals surface area contributed by atoms with Crippen molar-refractivity contribution in [1.29, 1.82) is 0 Å². The quantitative estimate of drug-likeness (QED) is 0.889. The van der Waals surface area contributed by atoms with Crippen molar-refractivity contribution in [3.05, 3.63) is 28.2 Å². The topological polar surface area (TPSA) is 12.0 Å². The minimum atomic E-state index is 0.531. The van der Waals surface area contributed by atoms with Crippen LogP contribution in [-0.4, -0.2) is 11.8 Å². The molecule has 3 heteroatoms. The second kappa shape index (κ2) is 5.56. The first-order chi connectivity index (χ1) is 7.72. The molecule has 0 amide bonds. The molecule has 0 radical (unpaired) electrons. The van der Waals surface area contributed by atoms with E-state index >= 15 is 0 Å². The van der Waals surface area contributed by atoms with E-state index in [1.807, 2.05) is 11.8 Å². The fourth-order valence-electron chi connectivity index (χ4n) is 2.14. The zero-order valence-electron chi connectivity index (χ0n) is 9.79. The first-order valence-corrected chi connectivity index (χ1v) is 7.58. The van der Waals surface area contributed by atoms with Crippen molar-refractivity contribution in [2.45, 2.75) is 42.9 Å². The second-order valence-electron chi connectivity index (χ2n) is 4.33. The van der Waals surface area contributed by atoms with Gasteiger partial charge in [-0.2, -0.15) is 0 Å². The smallest absolute Gasteiger partial charge is 0.0342 e. The van der Waals surface area contributed by atoms with E-state index in [1.54, 1.807) is 0 Å². The van der Waals surface area contributed by atoms with Gasteiger partial charge in [0.2, 0.25) is 0 Å². The first-order valence-electron chi connectivity index (χ1n) is 5.90. The van der Waals surface area contributed by atoms with Crippen molar-refractivity contribution in [2.24, 2.45) is 0 Å². The molecule has 88 valence electrons. The van der Waals surface area contributed by atoms with Crippen molar-refractivity contribution in [2.75, 3.05) is 6.54 Å². The van der Waals surface area contributed by atoms with E-state index in [0.717, 1.165) is 6.54 Å². The zero-order valence-corrected chi connectivity index (χ0v) is 12.2. The van der Waals surface area contributed by atoms with E-state index in [-0.39, 0.29) is 0 Å². The molecule has 1 heterocycles. The Labute approximate surface area is 111 Å². The van der Waals surface area contributed by atoms with Gasteiger partial charge in [0.1, 0.15) is 0 Å². The van der Waals surface area contributed by atoms with Crippen LogP contribution in [-0.2, 0) is 0 Å². The van der Waals surface area contributed by atoms with E-state index in [9.17, 15) is 0 Å². The van der Waals surface area contributed by atoms with Crippen LogP contribution in [0.2, 0.25) is 0 Å². The highest BCUT2D eigenvalue weighted by molar-refractivity contribution is 9.10. The number of hydrogen-bond acceptors (Lipinski definition) is 2. The van der Waals surface area contributed by atoms with Crippen LogP contribution in [0.3, 0.4) is 0 Å². The number of halogens is 1. The lowest BCUT2D eigenvalue weighted by Crippen LogP contribution is -2.27. The molecule has 16 heavy (non-hydrogen) atoms. The third kappa shape index (κ3) is 2.63. The number of benzene rings is 1. The summed E-state index contributed by atoms with van der Waals surface area (Å²) < 4.78 is 1.24. The Bertz CT molecular complexity index is 367. The normalized spacial score (nSPS) is 24.2. The largest absolute Gasteiger partial charge is 0.310 e. The molecule has 1 aliphatic rings. The maximum absolute atomic E-state index is 3.66. The number of rotatable bonds is 3. The van der Waals surface area contributed by atoms with Gasteiger partial charge >= 0.3 is 0 Å². The molecular weight excluding hydrogens is 282 g/mol. The molecule has 2 rings (SSSR count). The van der Waals surface area contributed by atoms with Crippen LogP contribution in [0.15, 0.2) is 27.6 Å². The van der Waals surface area contributed by atoms with E-state index in [0.29, 0.717) is 11.3 Å². The van der Waals surface area contributed by atoms with E-state index < -0.39 is 0 Å². The van der Waals surface area contributed by atoms with Gasteiger partial charge < -0.3 is 5.32 Å². The highest BCUT2D eigenvalue weighted by Crippen LogP contribution is 2.44. The van der Waals surface area contributed by atoms with Crippen LogP contribution in [0.5, 0.6) is 0 Å².